The average molecular weight is 264 g/mol. The molecule has 104 valence electrons. The molecule has 1 fully saturated rings. The van der Waals surface area contributed by atoms with E-state index >= 15 is 0 Å². The van der Waals surface area contributed by atoms with E-state index in [2.05, 4.69) is 22.2 Å². The van der Waals surface area contributed by atoms with Crippen LogP contribution in [0.15, 0.2) is 12.4 Å². The molecule has 2 heterocycles. The van der Waals surface area contributed by atoms with Crippen LogP contribution in [0.5, 0.6) is 0 Å². The second-order valence-electron chi connectivity index (χ2n) is 4.69. The lowest BCUT2D eigenvalue weighted by Gasteiger charge is -2.22. The first-order valence-electron chi connectivity index (χ1n) is 6.74. The maximum Gasteiger partial charge on any atom is 0.274 e. The Morgan fingerprint density at radius 2 is 2.37 bits per heavy atom. The van der Waals surface area contributed by atoms with Crippen LogP contribution >= 0.6 is 0 Å². The maximum absolute atomic E-state index is 12.2. The van der Waals surface area contributed by atoms with Gasteiger partial charge in [-0.15, -0.1) is 0 Å². The van der Waals surface area contributed by atoms with Gasteiger partial charge in [-0.1, -0.05) is 6.92 Å². The Labute approximate surface area is 112 Å². The zero-order valence-corrected chi connectivity index (χ0v) is 11.2. The van der Waals surface area contributed by atoms with Crippen molar-refractivity contribution >= 4 is 11.7 Å². The van der Waals surface area contributed by atoms with E-state index in [0.717, 1.165) is 25.8 Å². The molecule has 2 rings (SSSR count). The minimum Gasteiger partial charge on any atom is -0.394 e. The first-order valence-corrected chi connectivity index (χ1v) is 6.74. The van der Waals surface area contributed by atoms with Gasteiger partial charge in [-0.25, -0.2) is 9.97 Å². The fourth-order valence-electron chi connectivity index (χ4n) is 2.22. The van der Waals surface area contributed by atoms with Crippen LogP contribution in [-0.4, -0.2) is 51.6 Å². The van der Waals surface area contributed by atoms with Gasteiger partial charge in [0, 0.05) is 13.1 Å². The molecule has 2 N–H and O–H groups in total. The third-order valence-electron chi connectivity index (χ3n) is 3.28. The lowest BCUT2D eigenvalue weighted by atomic mass is 10.2. The number of anilines is 1. The van der Waals surface area contributed by atoms with E-state index in [1.807, 2.05) is 0 Å². The number of amides is 1. The van der Waals surface area contributed by atoms with Gasteiger partial charge >= 0.3 is 0 Å². The number of carbonyl (C=O) groups is 1. The van der Waals surface area contributed by atoms with Crippen LogP contribution in [0.3, 0.4) is 0 Å². The Bertz CT molecular complexity index is 421. The molecule has 0 aliphatic carbocycles. The van der Waals surface area contributed by atoms with Crippen LogP contribution in [0, 0.1) is 0 Å². The fraction of sp³-hybridized carbons (Fsp3) is 0.615. The Hall–Kier alpha value is -1.69. The van der Waals surface area contributed by atoms with E-state index in [0.29, 0.717) is 18.1 Å². The van der Waals surface area contributed by atoms with Gasteiger partial charge in [0.25, 0.3) is 5.91 Å². The highest BCUT2D eigenvalue weighted by atomic mass is 16.3. The summed E-state index contributed by atoms with van der Waals surface area (Å²) in [6.45, 7) is 3.60. The Morgan fingerprint density at radius 1 is 1.53 bits per heavy atom. The van der Waals surface area contributed by atoms with Crippen molar-refractivity contribution in [3.63, 3.8) is 0 Å². The van der Waals surface area contributed by atoms with Crippen molar-refractivity contribution in [1.29, 1.82) is 0 Å². The molecule has 19 heavy (non-hydrogen) atoms. The number of carbonyl (C=O) groups excluding carboxylic acids is 1. The van der Waals surface area contributed by atoms with Crippen LogP contribution in [-0.2, 0) is 0 Å². The summed E-state index contributed by atoms with van der Waals surface area (Å²) in [4.78, 5) is 22.2. The van der Waals surface area contributed by atoms with Crippen molar-refractivity contribution in [2.24, 2.45) is 0 Å². The molecule has 0 radical (unpaired) electrons. The quantitative estimate of drug-likeness (QED) is 0.826. The molecule has 0 spiro atoms. The molecule has 1 atom stereocenters. The van der Waals surface area contributed by atoms with Crippen LogP contribution in [0.4, 0.5) is 5.82 Å². The molecule has 1 amide bonds. The van der Waals surface area contributed by atoms with Crippen molar-refractivity contribution in [1.82, 2.24) is 14.9 Å². The normalized spacial score (nSPS) is 18.6. The molecule has 1 aromatic heterocycles. The van der Waals surface area contributed by atoms with Crippen molar-refractivity contribution in [3.05, 3.63) is 18.1 Å². The number of nitrogens with one attached hydrogen (secondary N) is 1. The van der Waals surface area contributed by atoms with Crippen LogP contribution < -0.4 is 5.32 Å². The molecule has 1 aromatic rings. The summed E-state index contributed by atoms with van der Waals surface area (Å²) >= 11 is 0. The number of rotatable bonds is 5. The number of nitrogens with zero attached hydrogens (tertiary/aromatic N) is 3. The van der Waals surface area contributed by atoms with Crippen molar-refractivity contribution in [2.75, 3.05) is 25.0 Å². The predicted molar refractivity (Wildman–Crippen MR) is 72.0 cm³/mol. The van der Waals surface area contributed by atoms with Gasteiger partial charge in [-0.05, 0) is 19.3 Å². The number of aliphatic hydroxyl groups is 1. The third kappa shape index (κ3) is 3.20. The minimum absolute atomic E-state index is 0.00923. The van der Waals surface area contributed by atoms with E-state index in [9.17, 15) is 9.90 Å². The summed E-state index contributed by atoms with van der Waals surface area (Å²) in [6, 6.07) is -0.0767. The van der Waals surface area contributed by atoms with E-state index < -0.39 is 0 Å². The van der Waals surface area contributed by atoms with Gasteiger partial charge < -0.3 is 15.3 Å². The van der Waals surface area contributed by atoms with Crippen LogP contribution in [0.1, 0.15) is 36.7 Å². The van der Waals surface area contributed by atoms with Crippen molar-refractivity contribution in [2.45, 2.75) is 32.2 Å². The summed E-state index contributed by atoms with van der Waals surface area (Å²) in [7, 11) is 0. The summed E-state index contributed by atoms with van der Waals surface area (Å²) in [5, 5.41) is 12.3. The Balaban J connectivity index is 2.03. The van der Waals surface area contributed by atoms with Gasteiger partial charge in [-0.2, -0.15) is 0 Å². The molecule has 1 aliphatic rings. The molecule has 6 heteroatoms. The third-order valence-corrected chi connectivity index (χ3v) is 3.28. The first-order chi connectivity index (χ1) is 9.26. The Kier molecular flexibility index (Phi) is 4.68. The number of hydrogen-bond donors (Lipinski definition) is 2. The van der Waals surface area contributed by atoms with Crippen molar-refractivity contribution < 1.29 is 9.90 Å². The lowest BCUT2D eigenvalue weighted by Crippen LogP contribution is -2.38. The number of aromatic nitrogens is 2. The van der Waals surface area contributed by atoms with Crippen LogP contribution in [0.2, 0.25) is 0 Å². The largest absolute Gasteiger partial charge is 0.394 e. The average Bonchev–Trinajstić information content (AvgIpc) is 2.93. The summed E-state index contributed by atoms with van der Waals surface area (Å²) in [5.41, 5.74) is 0.336. The molecule has 0 saturated carbocycles. The van der Waals surface area contributed by atoms with E-state index in [1.54, 1.807) is 11.1 Å². The minimum atomic E-state index is -0.147. The predicted octanol–water partition coefficient (Wildman–Crippen LogP) is 0.895. The van der Waals surface area contributed by atoms with Gasteiger partial charge in [0.05, 0.1) is 25.0 Å². The molecule has 1 saturated heterocycles. The molecule has 1 aliphatic heterocycles. The topological polar surface area (TPSA) is 78.4 Å². The van der Waals surface area contributed by atoms with Gasteiger partial charge in [0.2, 0.25) is 0 Å². The summed E-state index contributed by atoms with van der Waals surface area (Å²) in [5.74, 6) is 0.532. The molecule has 6 nitrogen and oxygen atoms in total. The molecular formula is C13H20N4O2. The van der Waals surface area contributed by atoms with Crippen molar-refractivity contribution in [3.8, 4) is 0 Å². The number of aliphatic hydroxyl groups excluding tert-OH is 1. The molecule has 0 aromatic carbocycles. The van der Waals surface area contributed by atoms with E-state index in [4.69, 9.17) is 0 Å². The molecular weight excluding hydrogens is 244 g/mol. The standard InChI is InChI=1S/C13H20N4O2/c1-2-5-14-12-8-15-11(7-16-12)13(19)17-6-3-4-10(17)9-18/h7-8,10,18H,2-6,9H2,1H3,(H,14,16). The highest BCUT2D eigenvalue weighted by Gasteiger charge is 2.29. The maximum atomic E-state index is 12.2. The zero-order chi connectivity index (χ0) is 13.7. The van der Waals surface area contributed by atoms with E-state index in [-0.39, 0.29) is 18.6 Å². The number of likely N-dealkylation sites (tertiary alicyclic amines) is 1. The van der Waals surface area contributed by atoms with E-state index in [1.165, 1.54) is 6.20 Å². The first kappa shape index (κ1) is 13.7. The molecule has 0 bridgehead atoms. The SMILES string of the molecule is CCCNc1cnc(C(=O)N2CCCC2CO)cn1. The van der Waals surface area contributed by atoms with Gasteiger partial charge in [0.15, 0.2) is 0 Å². The Morgan fingerprint density at radius 3 is 3.00 bits per heavy atom. The smallest absolute Gasteiger partial charge is 0.274 e. The lowest BCUT2D eigenvalue weighted by molar-refractivity contribution is 0.0671. The summed E-state index contributed by atoms with van der Waals surface area (Å²) in [6.07, 6.45) is 5.86. The number of hydrogen-bond acceptors (Lipinski definition) is 5. The van der Waals surface area contributed by atoms with Gasteiger partial charge in [0.1, 0.15) is 11.5 Å². The van der Waals surface area contributed by atoms with Gasteiger partial charge in [-0.3, -0.25) is 4.79 Å². The highest BCUT2D eigenvalue weighted by molar-refractivity contribution is 5.92. The summed E-state index contributed by atoms with van der Waals surface area (Å²) < 4.78 is 0. The molecule has 1 unspecified atom stereocenters. The second kappa shape index (κ2) is 6.47. The second-order valence-corrected chi connectivity index (χ2v) is 4.69. The fourth-order valence-corrected chi connectivity index (χ4v) is 2.22. The monoisotopic (exact) mass is 264 g/mol. The highest BCUT2D eigenvalue weighted by Crippen LogP contribution is 2.18. The van der Waals surface area contributed by atoms with Crippen LogP contribution in [0.25, 0.3) is 0 Å². The zero-order valence-electron chi connectivity index (χ0n) is 11.2.